The fraction of sp³-hybridized carbons (Fsp3) is 0.444. The SMILES string of the molecule is C=C[C@@]1(C)CCC(S(=O)(=O)c2ccccc2)C[C@H]1C(=C)C. The van der Waals surface area contributed by atoms with Crippen LogP contribution in [-0.2, 0) is 9.84 Å². The Kier molecular flexibility index (Phi) is 4.43. The third kappa shape index (κ3) is 2.98. The molecular formula is C18H24O2S. The van der Waals surface area contributed by atoms with Gasteiger partial charge >= 0.3 is 0 Å². The van der Waals surface area contributed by atoms with Crippen LogP contribution in [0.15, 0.2) is 60.0 Å². The Hall–Kier alpha value is -1.35. The van der Waals surface area contributed by atoms with Gasteiger partial charge in [-0.1, -0.05) is 43.4 Å². The summed E-state index contributed by atoms with van der Waals surface area (Å²) in [7, 11) is -3.26. The minimum atomic E-state index is -3.26. The van der Waals surface area contributed by atoms with Crippen molar-refractivity contribution in [3.8, 4) is 0 Å². The lowest BCUT2D eigenvalue weighted by atomic mass is 9.65. The predicted octanol–water partition coefficient (Wildman–Crippen LogP) is 4.40. The van der Waals surface area contributed by atoms with E-state index in [-0.39, 0.29) is 16.6 Å². The molecule has 21 heavy (non-hydrogen) atoms. The number of rotatable bonds is 4. The summed E-state index contributed by atoms with van der Waals surface area (Å²) < 4.78 is 25.6. The van der Waals surface area contributed by atoms with E-state index in [0.717, 1.165) is 12.0 Å². The van der Waals surface area contributed by atoms with Crippen molar-refractivity contribution in [3.63, 3.8) is 0 Å². The lowest BCUT2D eigenvalue weighted by molar-refractivity contribution is 0.206. The smallest absolute Gasteiger partial charge is 0.181 e. The van der Waals surface area contributed by atoms with Crippen LogP contribution in [-0.4, -0.2) is 13.7 Å². The van der Waals surface area contributed by atoms with Crippen molar-refractivity contribution >= 4 is 9.84 Å². The summed E-state index contributed by atoms with van der Waals surface area (Å²) in [6.07, 6.45) is 4.13. The van der Waals surface area contributed by atoms with Gasteiger partial charge in [0, 0.05) is 0 Å². The van der Waals surface area contributed by atoms with Gasteiger partial charge in [-0.25, -0.2) is 8.42 Å². The molecule has 1 aliphatic carbocycles. The molecule has 114 valence electrons. The Labute approximate surface area is 128 Å². The second-order valence-electron chi connectivity index (χ2n) is 6.36. The summed E-state index contributed by atoms with van der Waals surface area (Å²) in [5.74, 6) is 0.173. The first-order valence-corrected chi connectivity index (χ1v) is 8.94. The van der Waals surface area contributed by atoms with E-state index >= 15 is 0 Å². The Bertz CT molecular complexity index is 630. The Morgan fingerprint density at radius 2 is 1.95 bits per heavy atom. The van der Waals surface area contributed by atoms with Gasteiger partial charge in [0.05, 0.1) is 10.1 Å². The quantitative estimate of drug-likeness (QED) is 0.773. The lowest BCUT2D eigenvalue weighted by Gasteiger charge is -2.43. The molecule has 1 aromatic rings. The van der Waals surface area contributed by atoms with Gasteiger partial charge in [0.1, 0.15) is 0 Å². The zero-order valence-electron chi connectivity index (χ0n) is 12.9. The Morgan fingerprint density at radius 1 is 1.33 bits per heavy atom. The molecule has 0 aromatic heterocycles. The largest absolute Gasteiger partial charge is 0.223 e. The van der Waals surface area contributed by atoms with Crippen molar-refractivity contribution in [1.29, 1.82) is 0 Å². The second-order valence-corrected chi connectivity index (χ2v) is 8.59. The fourth-order valence-corrected chi connectivity index (χ4v) is 5.18. The summed E-state index contributed by atoms with van der Waals surface area (Å²) in [6.45, 7) is 12.2. The van der Waals surface area contributed by atoms with Crippen LogP contribution in [0, 0.1) is 11.3 Å². The molecule has 0 N–H and O–H groups in total. The first-order valence-electron chi connectivity index (χ1n) is 7.39. The monoisotopic (exact) mass is 304 g/mol. The van der Waals surface area contributed by atoms with Crippen molar-refractivity contribution in [2.24, 2.45) is 11.3 Å². The molecule has 3 atom stereocenters. The van der Waals surface area contributed by atoms with Crippen LogP contribution in [0.5, 0.6) is 0 Å². The maximum atomic E-state index is 12.8. The van der Waals surface area contributed by atoms with Crippen LogP contribution >= 0.6 is 0 Å². The van der Waals surface area contributed by atoms with Gasteiger partial charge in [-0.3, -0.25) is 0 Å². The van der Waals surface area contributed by atoms with Crippen LogP contribution in [0.3, 0.4) is 0 Å². The molecule has 1 fully saturated rings. The molecule has 0 saturated heterocycles. The van der Waals surface area contributed by atoms with Crippen LogP contribution in [0.2, 0.25) is 0 Å². The molecule has 1 aromatic carbocycles. The third-order valence-electron chi connectivity index (χ3n) is 4.87. The van der Waals surface area contributed by atoms with Gasteiger partial charge in [-0.15, -0.1) is 6.58 Å². The van der Waals surface area contributed by atoms with E-state index in [1.807, 2.05) is 19.1 Å². The highest BCUT2D eigenvalue weighted by Gasteiger charge is 2.42. The van der Waals surface area contributed by atoms with E-state index in [1.54, 1.807) is 24.3 Å². The van der Waals surface area contributed by atoms with Crippen molar-refractivity contribution < 1.29 is 8.42 Å². The van der Waals surface area contributed by atoms with Gasteiger partial charge in [-0.2, -0.15) is 0 Å². The van der Waals surface area contributed by atoms with Gasteiger partial charge in [-0.05, 0) is 49.7 Å². The highest BCUT2D eigenvalue weighted by Crippen LogP contribution is 2.47. The normalized spacial score (nSPS) is 29.8. The summed E-state index contributed by atoms with van der Waals surface area (Å²) in [5, 5.41) is -0.324. The predicted molar refractivity (Wildman–Crippen MR) is 87.9 cm³/mol. The number of sulfone groups is 1. The average molecular weight is 304 g/mol. The van der Waals surface area contributed by atoms with Crippen LogP contribution < -0.4 is 0 Å². The maximum absolute atomic E-state index is 12.8. The van der Waals surface area contributed by atoms with Gasteiger partial charge in [0.2, 0.25) is 0 Å². The van der Waals surface area contributed by atoms with E-state index in [2.05, 4.69) is 20.1 Å². The van der Waals surface area contributed by atoms with Gasteiger partial charge < -0.3 is 0 Å². The van der Waals surface area contributed by atoms with Crippen molar-refractivity contribution in [2.75, 3.05) is 0 Å². The van der Waals surface area contributed by atoms with Crippen molar-refractivity contribution in [1.82, 2.24) is 0 Å². The first kappa shape index (κ1) is 16.0. The molecule has 3 heteroatoms. The average Bonchev–Trinajstić information content (AvgIpc) is 2.48. The maximum Gasteiger partial charge on any atom is 0.181 e. The van der Waals surface area contributed by atoms with Crippen LogP contribution in [0.4, 0.5) is 0 Å². The van der Waals surface area contributed by atoms with E-state index in [1.165, 1.54) is 0 Å². The van der Waals surface area contributed by atoms with Crippen LogP contribution in [0.1, 0.15) is 33.1 Å². The minimum absolute atomic E-state index is 0.0471. The summed E-state index contributed by atoms with van der Waals surface area (Å²) in [6, 6.07) is 8.77. The molecule has 2 nitrogen and oxygen atoms in total. The molecular weight excluding hydrogens is 280 g/mol. The molecule has 0 heterocycles. The molecule has 2 rings (SSSR count). The number of benzene rings is 1. The zero-order chi connectivity index (χ0) is 15.7. The highest BCUT2D eigenvalue weighted by molar-refractivity contribution is 7.92. The van der Waals surface area contributed by atoms with Gasteiger partial charge in [0.15, 0.2) is 9.84 Å². The summed E-state index contributed by atoms with van der Waals surface area (Å²) in [5.41, 5.74) is 1.000. The van der Waals surface area contributed by atoms with Gasteiger partial charge in [0.25, 0.3) is 0 Å². The molecule has 0 aliphatic heterocycles. The molecule has 1 unspecified atom stereocenters. The minimum Gasteiger partial charge on any atom is -0.223 e. The molecule has 0 amide bonds. The molecule has 1 saturated carbocycles. The van der Waals surface area contributed by atoms with E-state index < -0.39 is 9.84 Å². The molecule has 0 radical (unpaired) electrons. The standard InChI is InChI=1S/C18H24O2S/c1-5-18(4)12-11-16(13-17(18)14(2)3)21(19,20)15-9-7-6-8-10-15/h5-10,16-17H,1-2,11-13H2,3-4H3/t16?,17-,18-/m0/s1. The third-order valence-corrected chi connectivity index (χ3v) is 7.11. The number of hydrogen-bond acceptors (Lipinski definition) is 2. The Balaban J connectivity index is 2.32. The van der Waals surface area contributed by atoms with E-state index in [0.29, 0.717) is 17.7 Å². The Morgan fingerprint density at radius 3 is 2.48 bits per heavy atom. The summed E-state index contributed by atoms with van der Waals surface area (Å²) >= 11 is 0. The van der Waals surface area contributed by atoms with Crippen molar-refractivity contribution in [2.45, 2.75) is 43.3 Å². The zero-order valence-corrected chi connectivity index (χ0v) is 13.7. The molecule has 0 spiro atoms. The summed E-state index contributed by atoms with van der Waals surface area (Å²) in [4.78, 5) is 0.428. The van der Waals surface area contributed by atoms with Crippen LogP contribution in [0.25, 0.3) is 0 Å². The van der Waals surface area contributed by atoms with Crippen molar-refractivity contribution in [3.05, 3.63) is 55.1 Å². The first-order chi connectivity index (χ1) is 9.81. The number of hydrogen-bond donors (Lipinski definition) is 0. The highest BCUT2D eigenvalue weighted by atomic mass is 32.2. The van der Waals surface area contributed by atoms with E-state index in [4.69, 9.17) is 0 Å². The fourth-order valence-electron chi connectivity index (χ4n) is 3.39. The number of allylic oxidation sites excluding steroid dienone is 2. The molecule has 1 aliphatic rings. The van der Waals surface area contributed by atoms with E-state index in [9.17, 15) is 8.42 Å². The second kappa shape index (κ2) is 5.80. The molecule has 0 bridgehead atoms. The lowest BCUT2D eigenvalue weighted by Crippen LogP contribution is -2.38. The topological polar surface area (TPSA) is 34.1 Å².